The van der Waals surface area contributed by atoms with Gasteiger partial charge in [0.1, 0.15) is 0 Å². The van der Waals surface area contributed by atoms with Crippen molar-refractivity contribution in [3.05, 3.63) is 36.0 Å². The summed E-state index contributed by atoms with van der Waals surface area (Å²) in [5.41, 5.74) is 0.238. The van der Waals surface area contributed by atoms with Crippen molar-refractivity contribution < 1.29 is 17.9 Å². The van der Waals surface area contributed by atoms with Gasteiger partial charge in [0.2, 0.25) is 10.1 Å². The minimum absolute atomic E-state index is 0.418. The summed E-state index contributed by atoms with van der Waals surface area (Å²) in [7, 11) is 1.60. The van der Waals surface area contributed by atoms with Crippen LogP contribution in [0.5, 0.6) is 0 Å². The molecule has 23 heavy (non-hydrogen) atoms. The normalized spacial score (nSPS) is 12.0. The number of hydrogen-bond acceptors (Lipinski definition) is 5. The van der Waals surface area contributed by atoms with Crippen LogP contribution in [0.3, 0.4) is 0 Å². The van der Waals surface area contributed by atoms with Gasteiger partial charge in [-0.1, -0.05) is 23.5 Å². The Morgan fingerprint density at radius 3 is 2.91 bits per heavy atom. The van der Waals surface area contributed by atoms with Gasteiger partial charge in [-0.2, -0.15) is 13.2 Å². The molecule has 1 N–H and O–H groups in total. The van der Waals surface area contributed by atoms with Gasteiger partial charge >= 0.3 is 6.18 Å². The summed E-state index contributed by atoms with van der Waals surface area (Å²) in [5, 5.41) is 8.05. The number of benzene rings is 1. The Bertz CT molecular complexity index is 812. The number of hydrogen-bond donors (Lipinski definition) is 1. The lowest BCUT2D eigenvalue weighted by atomic mass is 10.1. The van der Waals surface area contributed by atoms with Crippen LogP contribution in [-0.4, -0.2) is 34.9 Å². The van der Waals surface area contributed by atoms with E-state index >= 15 is 0 Å². The van der Waals surface area contributed by atoms with Crippen molar-refractivity contribution in [1.82, 2.24) is 14.6 Å². The third kappa shape index (κ3) is 3.30. The van der Waals surface area contributed by atoms with Gasteiger partial charge < -0.3 is 10.1 Å². The monoisotopic (exact) mass is 342 g/mol. The molecule has 0 saturated carbocycles. The molecule has 1 aromatic carbocycles. The summed E-state index contributed by atoms with van der Waals surface area (Å²) in [4.78, 5) is 4.81. The molecule has 0 bridgehead atoms. The lowest BCUT2D eigenvalue weighted by Crippen LogP contribution is -2.07. The molecule has 0 saturated heterocycles. The van der Waals surface area contributed by atoms with E-state index in [1.54, 1.807) is 13.2 Å². The van der Waals surface area contributed by atoms with Crippen molar-refractivity contribution in [2.45, 2.75) is 6.18 Å². The van der Waals surface area contributed by atoms with Crippen LogP contribution in [0.2, 0.25) is 0 Å². The van der Waals surface area contributed by atoms with Crippen molar-refractivity contribution in [1.29, 1.82) is 0 Å². The highest BCUT2D eigenvalue weighted by Crippen LogP contribution is 2.33. The summed E-state index contributed by atoms with van der Waals surface area (Å²) >= 11 is 1.32. The van der Waals surface area contributed by atoms with Crippen LogP contribution in [0.1, 0.15) is 5.56 Å². The second kappa shape index (κ2) is 6.17. The van der Waals surface area contributed by atoms with Crippen molar-refractivity contribution >= 4 is 21.4 Å². The fraction of sp³-hybridized carbons (Fsp3) is 0.286. The molecule has 0 aliphatic heterocycles. The van der Waals surface area contributed by atoms with E-state index in [1.165, 1.54) is 28.1 Å². The Morgan fingerprint density at radius 2 is 2.17 bits per heavy atom. The summed E-state index contributed by atoms with van der Waals surface area (Å²) in [6, 6.07) is 5.12. The van der Waals surface area contributed by atoms with Gasteiger partial charge in [-0.05, 0) is 12.1 Å². The van der Waals surface area contributed by atoms with Crippen LogP contribution < -0.4 is 5.32 Å². The fourth-order valence-electron chi connectivity index (χ4n) is 2.08. The molecular weight excluding hydrogens is 329 g/mol. The average molecular weight is 342 g/mol. The zero-order valence-electron chi connectivity index (χ0n) is 12.1. The quantitative estimate of drug-likeness (QED) is 0.721. The molecule has 0 fully saturated rings. The summed E-state index contributed by atoms with van der Waals surface area (Å²) in [5.74, 6) is 0. The van der Waals surface area contributed by atoms with Gasteiger partial charge in [0.15, 0.2) is 0 Å². The van der Waals surface area contributed by atoms with Gasteiger partial charge in [-0.3, -0.25) is 0 Å². The number of fused-ring (bicyclic) bond motifs is 1. The van der Waals surface area contributed by atoms with E-state index in [1.807, 2.05) is 0 Å². The first kappa shape index (κ1) is 15.8. The van der Waals surface area contributed by atoms with E-state index in [0.717, 1.165) is 12.1 Å². The van der Waals surface area contributed by atoms with Gasteiger partial charge in [0.05, 0.1) is 24.1 Å². The molecule has 2 aromatic heterocycles. The molecule has 3 aromatic rings. The first-order valence-corrected chi connectivity index (χ1v) is 7.55. The van der Waals surface area contributed by atoms with Crippen LogP contribution in [0.4, 0.5) is 18.3 Å². The number of imidazole rings is 1. The van der Waals surface area contributed by atoms with Gasteiger partial charge in [-0.15, -0.1) is 5.10 Å². The molecule has 5 nitrogen and oxygen atoms in total. The number of alkyl halides is 3. The maximum absolute atomic E-state index is 12.8. The first-order chi connectivity index (χ1) is 11.0. The fourth-order valence-corrected chi connectivity index (χ4v) is 2.88. The Hall–Kier alpha value is -2.13. The van der Waals surface area contributed by atoms with Gasteiger partial charge in [0, 0.05) is 19.2 Å². The lowest BCUT2D eigenvalue weighted by molar-refractivity contribution is -0.137. The van der Waals surface area contributed by atoms with Crippen LogP contribution in [0.15, 0.2) is 30.5 Å². The Labute approximate surface area is 133 Å². The SMILES string of the molecule is COCCNc1nn2c(-c3cccc(C(F)(F)F)c3)cnc2s1. The van der Waals surface area contributed by atoms with Crippen LogP contribution in [0.25, 0.3) is 16.2 Å². The predicted octanol–water partition coefficient (Wildman–Crippen LogP) is 3.53. The lowest BCUT2D eigenvalue weighted by Gasteiger charge is -2.07. The molecule has 2 heterocycles. The molecule has 3 rings (SSSR count). The largest absolute Gasteiger partial charge is 0.416 e. The number of nitrogens with one attached hydrogen (secondary N) is 1. The summed E-state index contributed by atoms with van der Waals surface area (Å²) < 4.78 is 45.0. The van der Waals surface area contributed by atoms with E-state index in [-0.39, 0.29) is 0 Å². The Morgan fingerprint density at radius 1 is 1.35 bits per heavy atom. The number of halogens is 3. The Balaban J connectivity index is 1.94. The zero-order valence-corrected chi connectivity index (χ0v) is 12.9. The summed E-state index contributed by atoms with van der Waals surface area (Å²) in [6.07, 6.45) is -2.86. The van der Waals surface area contributed by atoms with E-state index in [4.69, 9.17) is 4.74 Å². The minimum Gasteiger partial charge on any atom is -0.383 e. The molecule has 0 radical (unpaired) electrons. The smallest absolute Gasteiger partial charge is 0.383 e. The Kier molecular flexibility index (Phi) is 4.22. The first-order valence-electron chi connectivity index (χ1n) is 6.74. The van der Waals surface area contributed by atoms with Crippen LogP contribution in [0, 0.1) is 0 Å². The number of aromatic nitrogens is 3. The van der Waals surface area contributed by atoms with Crippen molar-refractivity contribution in [2.75, 3.05) is 25.6 Å². The molecule has 9 heteroatoms. The minimum atomic E-state index is -4.38. The number of methoxy groups -OCH3 is 1. The predicted molar refractivity (Wildman–Crippen MR) is 81.7 cm³/mol. The zero-order chi connectivity index (χ0) is 16.4. The highest BCUT2D eigenvalue weighted by Gasteiger charge is 2.30. The molecule has 0 aliphatic carbocycles. The van der Waals surface area contributed by atoms with E-state index in [0.29, 0.717) is 34.5 Å². The number of rotatable bonds is 5. The van der Waals surface area contributed by atoms with Crippen molar-refractivity contribution in [3.63, 3.8) is 0 Å². The van der Waals surface area contributed by atoms with Crippen LogP contribution >= 0.6 is 11.3 Å². The average Bonchev–Trinajstić information content (AvgIpc) is 3.06. The second-order valence-corrected chi connectivity index (χ2v) is 5.70. The second-order valence-electron chi connectivity index (χ2n) is 4.74. The van der Waals surface area contributed by atoms with Crippen LogP contribution in [-0.2, 0) is 10.9 Å². The van der Waals surface area contributed by atoms with E-state index in [2.05, 4.69) is 15.4 Å². The number of nitrogens with zero attached hydrogens (tertiary/aromatic N) is 3. The number of ether oxygens (including phenoxy) is 1. The molecule has 0 spiro atoms. The standard InChI is InChI=1S/C14H13F3N4OS/c1-22-6-5-18-12-20-21-11(8-19-13(21)23-12)9-3-2-4-10(7-9)14(15,16)17/h2-4,7-8H,5-6H2,1H3,(H,18,20). The highest BCUT2D eigenvalue weighted by molar-refractivity contribution is 7.20. The maximum atomic E-state index is 12.8. The topological polar surface area (TPSA) is 51.5 Å². The molecular formula is C14H13F3N4OS. The molecule has 122 valence electrons. The third-order valence-electron chi connectivity index (χ3n) is 3.15. The maximum Gasteiger partial charge on any atom is 0.416 e. The summed E-state index contributed by atoms with van der Waals surface area (Å²) in [6.45, 7) is 1.12. The van der Waals surface area contributed by atoms with E-state index < -0.39 is 11.7 Å². The van der Waals surface area contributed by atoms with Gasteiger partial charge in [-0.25, -0.2) is 9.50 Å². The molecule has 0 atom stereocenters. The van der Waals surface area contributed by atoms with Crippen molar-refractivity contribution in [2.24, 2.45) is 0 Å². The number of anilines is 1. The molecule has 0 amide bonds. The van der Waals surface area contributed by atoms with E-state index in [9.17, 15) is 13.2 Å². The third-order valence-corrected chi connectivity index (χ3v) is 4.03. The van der Waals surface area contributed by atoms with Gasteiger partial charge in [0.25, 0.3) is 0 Å². The highest BCUT2D eigenvalue weighted by atomic mass is 32.1. The molecule has 0 aliphatic rings. The van der Waals surface area contributed by atoms with Crippen molar-refractivity contribution in [3.8, 4) is 11.3 Å². The molecule has 0 unspecified atom stereocenters.